The van der Waals surface area contributed by atoms with Gasteiger partial charge in [0.05, 0.1) is 6.61 Å². The van der Waals surface area contributed by atoms with Crippen molar-refractivity contribution >= 4 is 11.9 Å². The smallest absolute Gasteiger partial charge is 0.305 e. The van der Waals surface area contributed by atoms with Gasteiger partial charge in [-0.15, -0.1) is 0 Å². The molecule has 0 fully saturated rings. The van der Waals surface area contributed by atoms with E-state index in [2.05, 4.69) is 4.74 Å². The molecule has 0 bridgehead atoms. The first-order valence-electron chi connectivity index (χ1n) is 3.54. The molecule has 1 N–H and O–H groups in total. The molecule has 0 heterocycles. The quantitative estimate of drug-likeness (QED) is 0.477. The Morgan fingerprint density at radius 1 is 1.45 bits per heavy atom. The summed E-state index contributed by atoms with van der Waals surface area (Å²) in [6.45, 7) is 1.90. The average Bonchev–Trinajstić information content (AvgIpc) is 1.97. The van der Waals surface area contributed by atoms with E-state index >= 15 is 0 Å². The van der Waals surface area contributed by atoms with Gasteiger partial charge in [0.25, 0.3) is 0 Å². The van der Waals surface area contributed by atoms with Gasteiger partial charge in [0.15, 0.2) is 0 Å². The average molecular weight is 160 g/mol. The van der Waals surface area contributed by atoms with Gasteiger partial charge in [-0.05, 0) is 6.42 Å². The van der Waals surface area contributed by atoms with Crippen LogP contribution in [0.25, 0.3) is 0 Å². The highest BCUT2D eigenvalue weighted by atomic mass is 16.5. The third-order valence-electron chi connectivity index (χ3n) is 1.09. The fourth-order valence-corrected chi connectivity index (χ4v) is 0.511. The van der Waals surface area contributed by atoms with Crippen LogP contribution in [0.2, 0.25) is 0 Å². The number of ether oxygens (including phenoxy) is 1. The molecule has 0 aromatic rings. The summed E-state index contributed by atoms with van der Waals surface area (Å²) in [6, 6.07) is 0. The SMILES string of the molecule is CCC(=O)OCCCC(=O)O. The lowest BCUT2D eigenvalue weighted by atomic mass is 10.3. The van der Waals surface area contributed by atoms with Crippen LogP contribution >= 0.6 is 0 Å². The van der Waals surface area contributed by atoms with E-state index in [-0.39, 0.29) is 19.0 Å². The summed E-state index contributed by atoms with van der Waals surface area (Å²) in [6.07, 6.45) is 0.783. The Labute approximate surface area is 65.2 Å². The summed E-state index contributed by atoms with van der Waals surface area (Å²) in [5.41, 5.74) is 0. The molecule has 0 aliphatic carbocycles. The van der Waals surface area contributed by atoms with E-state index in [9.17, 15) is 9.59 Å². The standard InChI is InChI=1S/C7H12O4/c1-2-7(10)11-5-3-4-6(8)9/h2-5H2,1H3,(H,8,9). The molecule has 11 heavy (non-hydrogen) atoms. The van der Waals surface area contributed by atoms with Crippen molar-refractivity contribution in [2.45, 2.75) is 26.2 Å². The second kappa shape index (κ2) is 5.70. The van der Waals surface area contributed by atoms with Crippen molar-refractivity contribution in [3.05, 3.63) is 0 Å². The summed E-state index contributed by atoms with van der Waals surface area (Å²) in [5, 5.41) is 8.20. The van der Waals surface area contributed by atoms with Crippen LogP contribution in [0, 0.1) is 0 Å². The van der Waals surface area contributed by atoms with Crippen LogP contribution in [0.3, 0.4) is 0 Å². The van der Waals surface area contributed by atoms with Gasteiger partial charge in [0.2, 0.25) is 0 Å². The fourth-order valence-electron chi connectivity index (χ4n) is 0.511. The van der Waals surface area contributed by atoms with Crippen LogP contribution in [-0.2, 0) is 14.3 Å². The van der Waals surface area contributed by atoms with E-state index in [1.165, 1.54) is 0 Å². The van der Waals surface area contributed by atoms with Crippen LogP contribution < -0.4 is 0 Å². The van der Waals surface area contributed by atoms with Gasteiger partial charge >= 0.3 is 11.9 Å². The van der Waals surface area contributed by atoms with Gasteiger partial charge in [-0.25, -0.2) is 0 Å². The Bertz CT molecular complexity index is 141. The van der Waals surface area contributed by atoms with Gasteiger partial charge in [-0.2, -0.15) is 0 Å². The van der Waals surface area contributed by atoms with Crippen LogP contribution in [0.15, 0.2) is 0 Å². The van der Waals surface area contributed by atoms with E-state index in [0.29, 0.717) is 12.8 Å². The molecule has 4 heteroatoms. The summed E-state index contributed by atoms with van der Waals surface area (Å²) in [5.74, 6) is -1.15. The summed E-state index contributed by atoms with van der Waals surface area (Å²) >= 11 is 0. The number of carbonyl (C=O) groups excluding carboxylic acids is 1. The highest BCUT2D eigenvalue weighted by Crippen LogP contribution is 1.91. The van der Waals surface area contributed by atoms with E-state index in [4.69, 9.17) is 5.11 Å². The zero-order valence-electron chi connectivity index (χ0n) is 6.50. The lowest BCUT2D eigenvalue weighted by Crippen LogP contribution is -2.05. The highest BCUT2D eigenvalue weighted by molar-refractivity contribution is 5.69. The second-order valence-electron chi connectivity index (χ2n) is 2.07. The molecular weight excluding hydrogens is 148 g/mol. The Hall–Kier alpha value is -1.06. The summed E-state index contributed by atoms with van der Waals surface area (Å²) < 4.78 is 4.64. The van der Waals surface area contributed by atoms with Gasteiger partial charge in [-0.3, -0.25) is 9.59 Å². The van der Waals surface area contributed by atoms with Crippen molar-refractivity contribution in [1.29, 1.82) is 0 Å². The van der Waals surface area contributed by atoms with Crippen molar-refractivity contribution in [2.24, 2.45) is 0 Å². The molecule has 0 rings (SSSR count). The van der Waals surface area contributed by atoms with Crippen molar-refractivity contribution < 1.29 is 19.4 Å². The Balaban J connectivity index is 3.14. The monoisotopic (exact) mass is 160 g/mol. The van der Waals surface area contributed by atoms with E-state index in [0.717, 1.165) is 0 Å². The van der Waals surface area contributed by atoms with Crippen molar-refractivity contribution in [2.75, 3.05) is 6.61 Å². The fraction of sp³-hybridized carbons (Fsp3) is 0.714. The Kier molecular flexibility index (Phi) is 5.15. The molecular formula is C7H12O4. The molecule has 0 aliphatic heterocycles. The van der Waals surface area contributed by atoms with Gasteiger partial charge < -0.3 is 9.84 Å². The number of hydrogen-bond donors (Lipinski definition) is 1. The minimum Gasteiger partial charge on any atom is -0.481 e. The van der Waals surface area contributed by atoms with E-state index in [1.54, 1.807) is 6.92 Å². The lowest BCUT2D eigenvalue weighted by molar-refractivity contribution is -0.145. The number of carbonyl (C=O) groups is 2. The first kappa shape index (κ1) is 9.94. The van der Waals surface area contributed by atoms with Crippen molar-refractivity contribution in [3.8, 4) is 0 Å². The van der Waals surface area contributed by atoms with Gasteiger partial charge in [0, 0.05) is 12.8 Å². The number of rotatable bonds is 5. The highest BCUT2D eigenvalue weighted by Gasteiger charge is 1.99. The minimum absolute atomic E-state index is 0.0526. The number of carboxylic acid groups (broad SMARTS) is 1. The maximum Gasteiger partial charge on any atom is 0.305 e. The topological polar surface area (TPSA) is 63.6 Å². The van der Waals surface area contributed by atoms with Gasteiger partial charge in [-0.1, -0.05) is 6.92 Å². The molecule has 0 radical (unpaired) electrons. The third-order valence-corrected chi connectivity index (χ3v) is 1.09. The van der Waals surface area contributed by atoms with Gasteiger partial charge in [0.1, 0.15) is 0 Å². The van der Waals surface area contributed by atoms with Crippen LogP contribution in [-0.4, -0.2) is 23.7 Å². The minimum atomic E-state index is -0.863. The van der Waals surface area contributed by atoms with E-state index in [1.807, 2.05) is 0 Å². The number of aliphatic carboxylic acids is 1. The van der Waals surface area contributed by atoms with Crippen molar-refractivity contribution in [1.82, 2.24) is 0 Å². The number of hydrogen-bond acceptors (Lipinski definition) is 3. The Morgan fingerprint density at radius 2 is 2.09 bits per heavy atom. The molecule has 4 nitrogen and oxygen atoms in total. The molecule has 0 saturated carbocycles. The first-order valence-corrected chi connectivity index (χ1v) is 3.54. The largest absolute Gasteiger partial charge is 0.481 e. The maximum atomic E-state index is 10.5. The summed E-state index contributed by atoms with van der Waals surface area (Å²) in [7, 11) is 0. The Morgan fingerprint density at radius 3 is 2.55 bits per heavy atom. The van der Waals surface area contributed by atoms with E-state index < -0.39 is 5.97 Å². The molecule has 64 valence electrons. The molecule has 0 unspecified atom stereocenters. The van der Waals surface area contributed by atoms with Crippen molar-refractivity contribution in [3.63, 3.8) is 0 Å². The third kappa shape index (κ3) is 6.83. The molecule has 0 amide bonds. The maximum absolute atomic E-state index is 10.5. The summed E-state index contributed by atoms with van der Waals surface area (Å²) in [4.78, 5) is 20.5. The zero-order valence-corrected chi connectivity index (χ0v) is 6.50. The zero-order chi connectivity index (χ0) is 8.69. The molecule has 0 spiro atoms. The molecule has 0 aromatic heterocycles. The lowest BCUT2D eigenvalue weighted by Gasteiger charge is -1.99. The predicted molar refractivity (Wildman–Crippen MR) is 38.1 cm³/mol. The first-order chi connectivity index (χ1) is 5.16. The van der Waals surface area contributed by atoms with Crippen LogP contribution in [0.4, 0.5) is 0 Å². The predicted octanol–water partition coefficient (Wildman–Crippen LogP) is 0.804. The molecule has 0 aliphatic rings. The second-order valence-corrected chi connectivity index (χ2v) is 2.07. The number of carboxylic acids is 1. The van der Waals surface area contributed by atoms with Crippen LogP contribution in [0.5, 0.6) is 0 Å². The molecule has 0 atom stereocenters. The molecule has 0 aromatic carbocycles. The molecule has 0 saturated heterocycles. The van der Waals surface area contributed by atoms with Crippen LogP contribution in [0.1, 0.15) is 26.2 Å². The normalized spacial score (nSPS) is 9.18. The number of esters is 1.